The first-order chi connectivity index (χ1) is 9.09. The lowest BCUT2D eigenvalue weighted by Crippen LogP contribution is -2.33. The van der Waals surface area contributed by atoms with E-state index in [2.05, 4.69) is 26.5 Å². The smallest absolute Gasteiger partial charge is 0.0871 e. The largest absolute Gasteiger partial charge is 0.393 e. The molecule has 0 amide bonds. The van der Waals surface area contributed by atoms with E-state index in [1.807, 2.05) is 32.9 Å². The van der Waals surface area contributed by atoms with Crippen LogP contribution in [0.15, 0.2) is 24.8 Å². The summed E-state index contributed by atoms with van der Waals surface area (Å²) >= 11 is 0. The van der Waals surface area contributed by atoms with Gasteiger partial charge >= 0.3 is 0 Å². The van der Waals surface area contributed by atoms with E-state index in [9.17, 15) is 10.2 Å². The number of allylic oxidation sites excluding steroid dienone is 1. The molecule has 0 aromatic heterocycles. The van der Waals surface area contributed by atoms with Gasteiger partial charge in [0.05, 0.1) is 12.2 Å². The van der Waals surface area contributed by atoms with Crippen LogP contribution in [-0.2, 0) is 0 Å². The highest BCUT2D eigenvalue weighted by molar-refractivity contribution is 5.66. The zero-order chi connectivity index (χ0) is 15.7. The van der Waals surface area contributed by atoms with Crippen LogP contribution in [0.2, 0.25) is 0 Å². The highest BCUT2D eigenvalue weighted by atomic mass is 16.3. The second-order valence-electron chi connectivity index (χ2n) is 6.68. The summed E-state index contributed by atoms with van der Waals surface area (Å²) in [6.45, 7) is 15.7. The summed E-state index contributed by atoms with van der Waals surface area (Å²) in [5, 5.41) is 20.6. The first-order valence-corrected chi connectivity index (χ1v) is 7.24. The Balaban J connectivity index is 3.34. The summed E-state index contributed by atoms with van der Waals surface area (Å²) in [4.78, 5) is 0. The third-order valence-corrected chi connectivity index (χ3v) is 4.28. The molecule has 2 atom stereocenters. The van der Waals surface area contributed by atoms with Crippen LogP contribution in [0.1, 0.15) is 70.3 Å². The molecule has 0 aliphatic carbocycles. The average Bonchev–Trinajstić information content (AvgIpc) is 2.36. The lowest BCUT2D eigenvalue weighted by Gasteiger charge is -2.35. The third-order valence-electron chi connectivity index (χ3n) is 4.28. The first-order valence-electron chi connectivity index (χ1n) is 7.24. The summed E-state index contributed by atoms with van der Waals surface area (Å²) in [6, 6.07) is 6.12. The molecule has 0 spiro atoms. The van der Waals surface area contributed by atoms with Gasteiger partial charge in [-0.3, -0.25) is 0 Å². The number of hydrogen-bond donors (Lipinski definition) is 2. The number of aliphatic hydroxyl groups is 2. The Morgan fingerprint density at radius 3 is 2.10 bits per heavy atom. The SMILES string of the molecule is C=C(C)c1cc(C(C)C)ccc1[C@@H](O)C(C)(C)[C@H](C)O. The van der Waals surface area contributed by atoms with Crippen molar-refractivity contribution in [3.8, 4) is 0 Å². The Morgan fingerprint density at radius 1 is 1.15 bits per heavy atom. The summed E-state index contributed by atoms with van der Waals surface area (Å²) in [7, 11) is 0. The highest BCUT2D eigenvalue weighted by Gasteiger charge is 2.35. The Labute approximate surface area is 123 Å². The van der Waals surface area contributed by atoms with Gasteiger partial charge in [0.15, 0.2) is 0 Å². The summed E-state index contributed by atoms with van der Waals surface area (Å²) in [5.74, 6) is 0.434. The number of rotatable bonds is 5. The molecule has 0 fully saturated rings. The lowest BCUT2D eigenvalue weighted by molar-refractivity contribution is -0.0404. The maximum absolute atomic E-state index is 10.7. The van der Waals surface area contributed by atoms with Crippen molar-refractivity contribution in [2.75, 3.05) is 0 Å². The van der Waals surface area contributed by atoms with Crippen LogP contribution in [0, 0.1) is 5.41 Å². The van der Waals surface area contributed by atoms with Gasteiger partial charge in [-0.2, -0.15) is 0 Å². The van der Waals surface area contributed by atoms with Gasteiger partial charge in [-0.15, -0.1) is 0 Å². The maximum Gasteiger partial charge on any atom is 0.0871 e. The van der Waals surface area contributed by atoms with E-state index >= 15 is 0 Å². The third kappa shape index (κ3) is 3.31. The molecular formula is C18H28O2. The van der Waals surface area contributed by atoms with Crippen molar-refractivity contribution < 1.29 is 10.2 Å². The Morgan fingerprint density at radius 2 is 1.70 bits per heavy atom. The quantitative estimate of drug-likeness (QED) is 0.842. The van der Waals surface area contributed by atoms with Crippen molar-refractivity contribution in [3.05, 3.63) is 41.5 Å². The molecule has 0 saturated carbocycles. The molecule has 2 nitrogen and oxygen atoms in total. The predicted molar refractivity (Wildman–Crippen MR) is 85.7 cm³/mol. The van der Waals surface area contributed by atoms with Crippen LogP contribution < -0.4 is 0 Å². The van der Waals surface area contributed by atoms with Gasteiger partial charge in [0.25, 0.3) is 0 Å². The normalized spacial score (nSPS) is 15.2. The zero-order valence-electron chi connectivity index (χ0n) is 13.6. The fraction of sp³-hybridized carbons (Fsp3) is 0.556. The van der Waals surface area contributed by atoms with Gasteiger partial charge in [-0.1, -0.05) is 58.0 Å². The van der Waals surface area contributed by atoms with Crippen LogP contribution in [0.3, 0.4) is 0 Å². The predicted octanol–water partition coefficient (Wildman–Crippen LogP) is 4.28. The fourth-order valence-electron chi connectivity index (χ4n) is 2.17. The topological polar surface area (TPSA) is 40.5 Å². The van der Waals surface area contributed by atoms with Crippen molar-refractivity contribution in [2.24, 2.45) is 5.41 Å². The van der Waals surface area contributed by atoms with Crippen molar-refractivity contribution in [1.29, 1.82) is 0 Å². The van der Waals surface area contributed by atoms with Gasteiger partial charge in [-0.25, -0.2) is 0 Å². The highest BCUT2D eigenvalue weighted by Crippen LogP contribution is 2.39. The summed E-state index contributed by atoms with van der Waals surface area (Å²) in [5.41, 5.74) is 3.38. The molecule has 0 aliphatic rings. The molecule has 0 unspecified atom stereocenters. The molecular weight excluding hydrogens is 248 g/mol. The first kappa shape index (κ1) is 16.9. The van der Waals surface area contributed by atoms with E-state index in [1.54, 1.807) is 6.92 Å². The number of aliphatic hydroxyl groups excluding tert-OH is 2. The standard InChI is InChI=1S/C18H28O2/c1-11(2)14-8-9-15(16(10-14)12(3)4)17(20)18(6,7)13(5)19/h8-11,13,17,19-20H,3H2,1-2,4-7H3/t13-,17+/m0/s1. The molecule has 2 N–H and O–H groups in total. The van der Waals surface area contributed by atoms with Crippen molar-refractivity contribution in [3.63, 3.8) is 0 Å². The molecule has 1 aromatic carbocycles. The maximum atomic E-state index is 10.7. The van der Waals surface area contributed by atoms with Crippen molar-refractivity contribution in [1.82, 2.24) is 0 Å². The van der Waals surface area contributed by atoms with E-state index in [1.165, 1.54) is 5.56 Å². The Hall–Kier alpha value is -1.12. The van der Waals surface area contributed by atoms with Crippen molar-refractivity contribution in [2.45, 2.75) is 59.7 Å². The fourth-order valence-corrected chi connectivity index (χ4v) is 2.17. The molecule has 0 radical (unpaired) electrons. The summed E-state index contributed by atoms with van der Waals surface area (Å²) < 4.78 is 0. The average molecular weight is 276 g/mol. The van der Waals surface area contributed by atoms with Crippen LogP contribution in [0.4, 0.5) is 0 Å². The Bertz CT molecular complexity index is 484. The molecule has 1 aromatic rings. The van der Waals surface area contributed by atoms with Gasteiger partial charge in [-0.05, 0) is 36.5 Å². The molecule has 2 heteroatoms. The molecule has 20 heavy (non-hydrogen) atoms. The number of hydrogen-bond acceptors (Lipinski definition) is 2. The van der Waals surface area contributed by atoms with Gasteiger partial charge in [0, 0.05) is 5.41 Å². The van der Waals surface area contributed by atoms with E-state index < -0.39 is 17.6 Å². The minimum absolute atomic E-state index is 0.434. The van der Waals surface area contributed by atoms with E-state index in [-0.39, 0.29) is 0 Å². The molecule has 112 valence electrons. The molecule has 0 bridgehead atoms. The minimum Gasteiger partial charge on any atom is -0.393 e. The zero-order valence-corrected chi connectivity index (χ0v) is 13.6. The van der Waals surface area contributed by atoms with E-state index in [0.29, 0.717) is 5.92 Å². The molecule has 0 saturated heterocycles. The van der Waals surface area contributed by atoms with E-state index in [4.69, 9.17) is 0 Å². The lowest BCUT2D eigenvalue weighted by atomic mass is 9.76. The monoisotopic (exact) mass is 276 g/mol. The van der Waals surface area contributed by atoms with E-state index in [0.717, 1.165) is 16.7 Å². The number of benzene rings is 1. The second-order valence-corrected chi connectivity index (χ2v) is 6.68. The molecule has 1 rings (SSSR count). The van der Waals surface area contributed by atoms with Crippen LogP contribution >= 0.6 is 0 Å². The molecule has 0 aliphatic heterocycles. The van der Waals surface area contributed by atoms with Gasteiger partial charge in [0.2, 0.25) is 0 Å². The minimum atomic E-state index is -0.726. The van der Waals surface area contributed by atoms with Crippen LogP contribution in [0.5, 0.6) is 0 Å². The van der Waals surface area contributed by atoms with Gasteiger partial charge < -0.3 is 10.2 Å². The van der Waals surface area contributed by atoms with Crippen LogP contribution in [-0.4, -0.2) is 16.3 Å². The van der Waals surface area contributed by atoms with Gasteiger partial charge in [0.1, 0.15) is 0 Å². The summed E-state index contributed by atoms with van der Waals surface area (Å²) in [6.07, 6.45) is -1.32. The van der Waals surface area contributed by atoms with Crippen LogP contribution in [0.25, 0.3) is 5.57 Å². The second kappa shape index (κ2) is 6.11. The van der Waals surface area contributed by atoms with Crippen molar-refractivity contribution >= 4 is 5.57 Å². The Kier molecular flexibility index (Phi) is 5.17. The molecule has 0 heterocycles.